The monoisotopic (exact) mass is 238 g/mol. The number of rotatable bonds is 1. The maximum absolute atomic E-state index is 11.3. The Morgan fingerprint density at radius 3 is 2.50 bits per heavy atom. The maximum Gasteiger partial charge on any atom is 0.250 e. The number of para-hydroxylation sites is 1. The SMILES string of the molecule is Cc1c(C)n(C)c2c(C(N)=O)cccc12.Cl. The van der Waals surface area contributed by atoms with Gasteiger partial charge in [0, 0.05) is 18.1 Å². The third kappa shape index (κ3) is 1.57. The summed E-state index contributed by atoms with van der Waals surface area (Å²) >= 11 is 0. The summed E-state index contributed by atoms with van der Waals surface area (Å²) in [6.07, 6.45) is 0. The second kappa shape index (κ2) is 4.18. The fraction of sp³-hybridized carbons (Fsp3) is 0.250. The van der Waals surface area contributed by atoms with Crippen molar-refractivity contribution in [3.05, 3.63) is 35.0 Å². The van der Waals surface area contributed by atoms with Crippen molar-refractivity contribution >= 4 is 29.2 Å². The molecule has 86 valence electrons. The van der Waals surface area contributed by atoms with Gasteiger partial charge < -0.3 is 10.3 Å². The zero-order chi connectivity index (χ0) is 11.2. The first-order chi connectivity index (χ1) is 7.04. The molecule has 0 aliphatic carbocycles. The van der Waals surface area contributed by atoms with Crippen molar-refractivity contribution in [2.24, 2.45) is 12.8 Å². The lowest BCUT2D eigenvalue weighted by Gasteiger charge is -2.02. The summed E-state index contributed by atoms with van der Waals surface area (Å²) in [7, 11) is 1.96. The third-order valence-electron chi connectivity index (χ3n) is 3.09. The highest BCUT2D eigenvalue weighted by Crippen LogP contribution is 2.26. The van der Waals surface area contributed by atoms with Gasteiger partial charge in [0.1, 0.15) is 0 Å². The fourth-order valence-electron chi connectivity index (χ4n) is 2.02. The van der Waals surface area contributed by atoms with Crippen molar-refractivity contribution in [3.63, 3.8) is 0 Å². The zero-order valence-electron chi connectivity index (χ0n) is 9.57. The molecule has 0 unspecified atom stereocenters. The third-order valence-corrected chi connectivity index (χ3v) is 3.09. The molecule has 0 saturated heterocycles. The van der Waals surface area contributed by atoms with Crippen LogP contribution in [0.3, 0.4) is 0 Å². The van der Waals surface area contributed by atoms with E-state index in [2.05, 4.69) is 6.92 Å². The van der Waals surface area contributed by atoms with E-state index >= 15 is 0 Å². The first-order valence-corrected chi connectivity index (χ1v) is 4.88. The first-order valence-electron chi connectivity index (χ1n) is 4.88. The Bertz CT molecular complexity index is 558. The van der Waals surface area contributed by atoms with E-state index in [1.165, 1.54) is 11.3 Å². The van der Waals surface area contributed by atoms with Gasteiger partial charge >= 0.3 is 0 Å². The largest absolute Gasteiger partial charge is 0.366 e. The number of halogens is 1. The van der Waals surface area contributed by atoms with Gasteiger partial charge in [0.25, 0.3) is 5.91 Å². The van der Waals surface area contributed by atoms with Crippen LogP contribution in [0.4, 0.5) is 0 Å². The van der Waals surface area contributed by atoms with Crippen LogP contribution in [0.15, 0.2) is 18.2 Å². The van der Waals surface area contributed by atoms with Gasteiger partial charge in [-0.15, -0.1) is 12.4 Å². The highest BCUT2D eigenvalue weighted by atomic mass is 35.5. The van der Waals surface area contributed by atoms with Crippen molar-refractivity contribution in [2.45, 2.75) is 13.8 Å². The van der Waals surface area contributed by atoms with E-state index in [1.807, 2.05) is 30.7 Å². The summed E-state index contributed by atoms with van der Waals surface area (Å²) in [4.78, 5) is 11.3. The maximum atomic E-state index is 11.3. The average Bonchev–Trinajstić information content (AvgIpc) is 2.44. The molecule has 1 aromatic carbocycles. The van der Waals surface area contributed by atoms with Crippen molar-refractivity contribution in [1.82, 2.24) is 4.57 Å². The Labute approximate surface area is 101 Å². The number of aryl methyl sites for hydroxylation is 2. The van der Waals surface area contributed by atoms with Crippen LogP contribution in [0.1, 0.15) is 21.6 Å². The lowest BCUT2D eigenvalue weighted by Crippen LogP contribution is -2.12. The lowest BCUT2D eigenvalue weighted by atomic mass is 10.1. The van der Waals surface area contributed by atoms with Crippen LogP contribution >= 0.6 is 12.4 Å². The summed E-state index contributed by atoms with van der Waals surface area (Å²) in [5, 5.41) is 1.10. The predicted octanol–water partition coefficient (Wildman–Crippen LogP) is 2.32. The Morgan fingerprint density at radius 1 is 1.31 bits per heavy atom. The molecule has 2 N–H and O–H groups in total. The summed E-state index contributed by atoms with van der Waals surface area (Å²) in [6.45, 7) is 4.10. The molecule has 0 aliphatic rings. The molecule has 0 aliphatic heterocycles. The molecule has 0 fully saturated rings. The Balaban J connectivity index is 0.00000128. The van der Waals surface area contributed by atoms with Gasteiger partial charge in [-0.2, -0.15) is 0 Å². The van der Waals surface area contributed by atoms with E-state index in [0.717, 1.165) is 10.9 Å². The van der Waals surface area contributed by atoms with Crippen molar-refractivity contribution < 1.29 is 4.79 Å². The van der Waals surface area contributed by atoms with E-state index in [1.54, 1.807) is 6.07 Å². The minimum absolute atomic E-state index is 0. The number of benzene rings is 1. The summed E-state index contributed by atoms with van der Waals surface area (Å²) in [6, 6.07) is 5.66. The molecule has 3 nitrogen and oxygen atoms in total. The van der Waals surface area contributed by atoms with E-state index < -0.39 is 0 Å². The molecule has 0 radical (unpaired) electrons. The molecule has 16 heavy (non-hydrogen) atoms. The van der Waals surface area contributed by atoms with Crippen LogP contribution in [0.25, 0.3) is 10.9 Å². The molecule has 2 aromatic rings. The second-order valence-electron chi connectivity index (χ2n) is 3.84. The number of hydrogen-bond acceptors (Lipinski definition) is 1. The number of primary amides is 1. The molecule has 1 heterocycles. The smallest absolute Gasteiger partial charge is 0.250 e. The van der Waals surface area contributed by atoms with E-state index in [-0.39, 0.29) is 18.3 Å². The van der Waals surface area contributed by atoms with Crippen molar-refractivity contribution in [2.75, 3.05) is 0 Å². The van der Waals surface area contributed by atoms with Gasteiger partial charge in [0.2, 0.25) is 0 Å². The van der Waals surface area contributed by atoms with Gasteiger partial charge in [-0.05, 0) is 25.5 Å². The first kappa shape index (κ1) is 12.6. The van der Waals surface area contributed by atoms with Gasteiger partial charge in [-0.3, -0.25) is 4.79 Å². The van der Waals surface area contributed by atoms with Gasteiger partial charge in [0.05, 0.1) is 11.1 Å². The molecule has 0 atom stereocenters. The van der Waals surface area contributed by atoms with Crippen LogP contribution in [-0.2, 0) is 7.05 Å². The number of fused-ring (bicyclic) bond motifs is 1. The molecule has 2 rings (SSSR count). The topological polar surface area (TPSA) is 48.0 Å². The minimum atomic E-state index is -0.374. The quantitative estimate of drug-likeness (QED) is 0.814. The minimum Gasteiger partial charge on any atom is -0.366 e. The summed E-state index contributed by atoms with van der Waals surface area (Å²) in [5.41, 5.74) is 9.25. The van der Waals surface area contributed by atoms with E-state index in [4.69, 9.17) is 5.73 Å². The number of hydrogen-bond donors (Lipinski definition) is 1. The van der Waals surface area contributed by atoms with Crippen LogP contribution in [-0.4, -0.2) is 10.5 Å². The highest BCUT2D eigenvalue weighted by Gasteiger charge is 2.13. The molecular formula is C12H15ClN2O. The zero-order valence-corrected chi connectivity index (χ0v) is 10.4. The number of carbonyl (C=O) groups is 1. The van der Waals surface area contributed by atoms with Crippen LogP contribution in [0.2, 0.25) is 0 Å². The molecule has 0 spiro atoms. The number of amides is 1. The van der Waals surface area contributed by atoms with Crippen molar-refractivity contribution in [1.29, 1.82) is 0 Å². The standard InChI is InChI=1S/C12H14N2O.ClH/c1-7-8(2)14(3)11-9(7)5-4-6-10(11)12(13)15;/h4-6H,1-3H3,(H2,13,15);1H. The molecule has 1 amide bonds. The molecule has 0 bridgehead atoms. The van der Waals surface area contributed by atoms with Crippen LogP contribution in [0, 0.1) is 13.8 Å². The van der Waals surface area contributed by atoms with Gasteiger partial charge in [0.15, 0.2) is 0 Å². The summed E-state index contributed by atoms with van der Waals surface area (Å²) < 4.78 is 2.02. The molecular weight excluding hydrogens is 224 g/mol. The molecule has 1 aromatic heterocycles. The number of nitrogens with two attached hydrogens (primary N) is 1. The predicted molar refractivity (Wildman–Crippen MR) is 68.2 cm³/mol. The molecule has 4 heteroatoms. The second-order valence-corrected chi connectivity index (χ2v) is 3.84. The van der Waals surface area contributed by atoms with Gasteiger partial charge in [-0.25, -0.2) is 0 Å². The number of aromatic nitrogens is 1. The Hall–Kier alpha value is -1.48. The highest BCUT2D eigenvalue weighted by molar-refractivity contribution is 6.06. The Morgan fingerprint density at radius 2 is 1.94 bits per heavy atom. The lowest BCUT2D eigenvalue weighted by molar-refractivity contribution is 0.100. The average molecular weight is 239 g/mol. The van der Waals surface area contributed by atoms with Crippen molar-refractivity contribution in [3.8, 4) is 0 Å². The fourth-order valence-corrected chi connectivity index (χ4v) is 2.02. The summed E-state index contributed by atoms with van der Waals surface area (Å²) in [5.74, 6) is -0.374. The van der Waals surface area contributed by atoms with Crippen LogP contribution in [0.5, 0.6) is 0 Å². The molecule has 0 saturated carbocycles. The Kier molecular flexibility index (Phi) is 3.29. The number of nitrogens with zero attached hydrogens (tertiary/aromatic N) is 1. The van der Waals surface area contributed by atoms with E-state index in [0.29, 0.717) is 5.56 Å². The normalized spacial score (nSPS) is 10.2. The van der Waals surface area contributed by atoms with Gasteiger partial charge in [-0.1, -0.05) is 12.1 Å². The number of carbonyl (C=O) groups excluding carboxylic acids is 1. The van der Waals surface area contributed by atoms with Crippen LogP contribution < -0.4 is 5.73 Å². The van der Waals surface area contributed by atoms with E-state index in [9.17, 15) is 4.79 Å².